The van der Waals surface area contributed by atoms with Crippen LogP contribution in [-0.4, -0.2) is 20.1 Å². The predicted octanol–water partition coefficient (Wildman–Crippen LogP) is 2.57. The van der Waals surface area contributed by atoms with Crippen molar-refractivity contribution >= 4 is 26.7 Å². The van der Waals surface area contributed by atoms with Crippen LogP contribution in [0.1, 0.15) is 23.2 Å². The minimum atomic E-state index is -3.55. The molecule has 0 atom stereocenters. The second kappa shape index (κ2) is 6.16. The number of rotatable bonds is 4. The number of para-hydroxylation sites is 1. The summed E-state index contributed by atoms with van der Waals surface area (Å²) in [5, 5.41) is 4.70. The van der Waals surface area contributed by atoms with Crippen molar-refractivity contribution in [3.63, 3.8) is 0 Å². The summed E-state index contributed by atoms with van der Waals surface area (Å²) in [6.07, 6.45) is 1.65. The molecule has 2 heterocycles. The summed E-state index contributed by atoms with van der Waals surface area (Å²) in [5.41, 5.74) is 9.53. The fourth-order valence-corrected chi connectivity index (χ4v) is 4.92. The van der Waals surface area contributed by atoms with Crippen LogP contribution >= 0.6 is 0 Å². The second-order valence-corrected chi connectivity index (χ2v) is 8.12. The lowest BCUT2D eigenvalue weighted by Gasteiger charge is -2.30. The first kappa shape index (κ1) is 16.1. The van der Waals surface area contributed by atoms with Crippen LogP contribution in [0.3, 0.4) is 0 Å². The lowest BCUT2D eigenvalue weighted by Crippen LogP contribution is -2.36. The standard InChI is InChI=1S/C18H19N3O3S/c19-11-13-7-8-17-14(10-13)4-3-9-21(17)25(22,23)12-16-15-5-1-2-6-18(15)24-20-16/h1-2,5-8,10H,3-4,9,11-12,19H2. The number of aromatic nitrogens is 1. The summed E-state index contributed by atoms with van der Waals surface area (Å²) >= 11 is 0. The first-order valence-electron chi connectivity index (χ1n) is 8.24. The molecule has 6 nitrogen and oxygen atoms in total. The monoisotopic (exact) mass is 357 g/mol. The van der Waals surface area contributed by atoms with Gasteiger partial charge in [-0.1, -0.05) is 29.4 Å². The average Bonchev–Trinajstić information content (AvgIpc) is 3.03. The molecule has 0 unspecified atom stereocenters. The third-order valence-electron chi connectivity index (χ3n) is 4.56. The molecule has 0 amide bonds. The zero-order valence-electron chi connectivity index (χ0n) is 13.7. The highest BCUT2D eigenvalue weighted by molar-refractivity contribution is 7.92. The summed E-state index contributed by atoms with van der Waals surface area (Å²) in [5.74, 6) is -0.178. The van der Waals surface area contributed by atoms with E-state index >= 15 is 0 Å². The largest absolute Gasteiger partial charge is 0.356 e. The zero-order chi connectivity index (χ0) is 17.4. The molecule has 2 aromatic carbocycles. The molecule has 0 bridgehead atoms. The Bertz CT molecular complexity index is 1030. The van der Waals surface area contributed by atoms with E-state index in [1.807, 2.05) is 36.4 Å². The molecule has 1 aromatic heterocycles. The van der Waals surface area contributed by atoms with Gasteiger partial charge in [-0.2, -0.15) is 0 Å². The quantitative estimate of drug-likeness (QED) is 0.775. The first-order chi connectivity index (χ1) is 12.1. The lowest BCUT2D eigenvalue weighted by molar-refractivity contribution is 0.448. The van der Waals surface area contributed by atoms with Crippen molar-refractivity contribution in [2.45, 2.75) is 25.1 Å². The molecule has 0 saturated carbocycles. The number of hydrogen-bond donors (Lipinski definition) is 1. The SMILES string of the molecule is NCc1ccc2c(c1)CCCN2S(=O)(=O)Cc1noc2ccccc12. The van der Waals surface area contributed by atoms with Crippen LogP contribution < -0.4 is 10.0 Å². The molecule has 4 rings (SSSR count). The Morgan fingerprint density at radius 2 is 2.04 bits per heavy atom. The summed E-state index contributed by atoms with van der Waals surface area (Å²) in [6, 6.07) is 13.0. The minimum absolute atomic E-state index is 0.178. The molecule has 130 valence electrons. The zero-order valence-corrected chi connectivity index (χ0v) is 14.5. The van der Waals surface area contributed by atoms with Gasteiger partial charge in [0.1, 0.15) is 11.4 Å². The number of fused-ring (bicyclic) bond motifs is 2. The maximum Gasteiger partial charge on any atom is 0.241 e. The number of sulfonamides is 1. The third kappa shape index (κ3) is 2.89. The number of anilines is 1. The highest BCUT2D eigenvalue weighted by Crippen LogP contribution is 2.32. The van der Waals surface area contributed by atoms with E-state index in [2.05, 4.69) is 5.16 Å². The second-order valence-electron chi connectivity index (χ2n) is 6.22. The average molecular weight is 357 g/mol. The Morgan fingerprint density at radius 3 is 2.88 bits per heavy atom. The topological polar surface area (TPSA) is 89.4 Å². The molecular formula is C18H19N3O3S. The molecule has 0 aliphatic carbocycles. The van der Waals surface area contributed by atoms with Gasteiger partial charge in [0.15, 0.2) is 5.58 Å². The van der Waals surface area contributed by atoms with E-state index in [0.29, 0.717) is 24.4 Å². The number of nitrogens with zero attached hydrogens (tertiary/aromatic N) is 2. The maximum absolute atomic E-state index is 13.0. The summed E-state index contributed by atoms with van der Waals surface area (Å²) in [4.78, 5) is 0. The van der Waals surface area contributed by atoms with Crippen LogP contribution in [0.15, 0.2) is 47.0 Å². The summed E-state index contributed by atoms with van der Waals surface area (Å²) < 4.78 is 32.8. The Morgan fingerprint density at radius 1 is 1.20 bits per heavy atom. The highest BCUT2D eigenvalue weighted by atomic mass is 32.2. The van der Waals surface area contributed by atoms with Crippen LogP contribution in [0, 0.1) is 0 Å². The van der Waals surface area contributed by atoms with Crippen LogP contribution in [0.4, 0.5) is 5.69 Å². The van der Waals surface area contributed by atoms with Gasteiger partial charge >= 0.3 is 0 Å². The van der Waals surface area contributed by atoms with Crippen molar-refractivity contribution < 1.29 is 12.9 Å². The van der Waals surface area contributed by atoms with Crippen molar-refractivity contribution in [2.75, 3.05) is 10.8 Å². The van der Waals surface area contributed by atoms with Gasteiger partial charge in [-0.15, -0.1) is 0 Å². The van der Waals surface area contributed by atoms with Gasteiger partial charge in [-0.25, -0.2) is 8.42 Å². The molecule has 0 radical (unpaired) electrons. The van der Waals surface area contributed by atoms with Crippen molar-refractivity contribution in [2.24, 2.45) is 5.73 Å². The highest BCUT2D eigenvalue weighted by Gasteiger charge is 2.29. The third-order valence-corrected chi connectivity index (χ3v) is 6.25. The molecule has 2 N–H and O–H groups in total. The smallest absolute Gasteiger partial charge is 0.241 e. The van der Waals surface area contributed by atoms with E-state index < -0.39 is 10.0 Å². The molecule has 25 heavy (non-hydrogen) atoms. The Balaban J connectivity index is 1.70. The minimum Gasteiger partial charge on any atom is -0.356 e. The van der Waals surface area contributed by atoms with Crippen molar-refractivity contribution in [3.8, 4) is 0 Å². The number of hydrogen-bond acceptors (Lipinski definition) is 5. The molecule has 0 spiro atoms. The van der Waals surface area contributed by atoms with E-state index in [-0.39, 0.29) is 5.75 Å². The van der Waals surface area contributed by atoms with E-state index in [1.165, 1.54) is 4.31 Å². The van der Waals surface area contributed by atoms with E-state index in [4.69, 9.17) is 10.3 Å². The molecule has 1 aliphatic rings. The molecule has 0 fully saturated rings. The van der Waals surface area contributed by atoms with Crippen molar-refractivity contribution in [1.29, 1.82) is 0 Å². The summed E-state index contributed by atoms with van der Waals surface area (Å²) in [6.45, 7) is 0.929. The van der Waals surface area contributed by atoms with E-state index in [0.717, 1.165) is 35.0 Å². The van der Waals surface area contributed by atoms with Gasteiger partial charge in [0, 0.05) is 18.5 Å². The van der Waals surface area contributed by atoms with Crippen LogP contribution in [-0.2, 0) is 28.7 Å². The molecule has 1 aliphatic heterocycles. The molecule has 7 heteroatoms. The van der Waals surface area contributed by atoms with E-state index in [1.54, 1.807) is 6.07 Å². The van der Waals surface area contributed by atoms with Crippen LogP contribution in [0.2, 0.25) is 0 Å². The first-order valence-corrected chi connectivity index (χ1v) is 9.85. The van der Waals surface area contributed by atoms with E-state index in [9.17, 15) is 8.42 Å². The van der Waals surface area contributed by atoms with Crippen molar-refractivity contribution in [1.82, 2.24) is 5.16 Å². The van der Waals surface area contributed by atoms with Gasteiger partial charge in [-0.05, 0) is 42.2 Å². The van der Waals surface area contributed by atoms with Gasteiger partial charge < -0.3 is 10.3 Å². The van der Waals surface area contributed by atoms with Gasteiger partial charge in [0.25, 0.3) is 0 Å². The molecule has 0 saturated heterocycles. The fourth-order valence-electron chi connectivity index (χ4n) is 3.32. The molecule has 3 aromatic rings. The van der Waals surface area contributed by atoms with Gasteiger partial charge in [0.2, 0.25) is 10.0 Å². The Labute approximate surface area is 146 Å². The van der Waals surface area contributed by atoms with Crippen LogP contribution in [0.25, 0.3) is 11.0 Å². The number of nitrogens with two attached hydrogens (primary N) is 1. The molecular weight excluding hydrogens is 338 g/mol. The number of aryl methyl sites for hydroxylation is 1. The van der Waals surface area contributed by atoms with Gasteiger partial charge in [0.05, 0.1) is 5.69 Å². The fraction of sp³-hybridized carbons (Fsp3) is 0.278. The predicted molar refractivity (Wildman–Crippen MR) is 96.6 cm³/mol. The van der Waals surface area contributed by atoms with Crippen molar-refractivity contribution in [3.05, 3.63) is 59.3 Å². The lowest BCUT2D eigenvalue weighted by atomic mass is 10.0. The Hall–Kier alpha value is -2.38. The normalized spacial score (nSPS) is 14.7. The van der Waals surface area contributed by atoms with Crippen LogP contribution in [0.5, 0.6) is 0 Å². The number of benzene rings is 2. The van der Waals surface area contributed by atoms with Gasteiger partial charge in [-0.3, -0.25) is 4.31 Å². The summed E-state index contributed by atoms with van der Waals surface area (Å²) in [7, 11) is -3.55. The Kier molecular flexibility index (Phi) is 3.97. The maximum atomic E-state index is 13.0.